The summed E-state index contributed by atoms with van der Waals surface area (Å²) < 4.78 is 5.39. The van der Waals surface area contributed by atoms with Crippen LogP contribution in [0.3, 0.4) is 0 Å². The SMILES string of the molecule is COC1CCN(c2cncc(Cl)n2)C(CN)C1. The molecule has 1 aromatic heterocycles. The number of halogens is 1. The fraction of sp³-hybridized carbons (Fsp3) is 0.636. The van der Waals surface area contributed by atoms with Gasteiger partial charge in [0.1, 0.15) is 11.0 Å². The second-order valence-corrected chi connectivity index (χ2v) is 4.55. The Morgan fingerprint density at radius 3 is 3.06 bits per heavy atom. The molecule has 6 heteroatoms. The van der Waals surface area contributed by atoms with Crippen molar-refractivity contribution in [3.05, 3.63) is 17.5 Å². The predicted octanol–water partition coefficient (Wildman–Crippen LogP) is 1.07. The Morgan fingerprint density at radius 2 is 2.41 bits per heavy atom. The van der Waals surface area contributed by atoms with E-state index in [1.165, 1.54) is 6.20 Å². The van der Waals surface area contributed by atoms with Crippen molar-refractivity contribution < 1.29 is 4.74 Å². The van der Waals surface area contributed by atoms with Crippen LogP contribution in [0.4, 0.5) is 5.82 Å². The topological polar surface area (TPSA) is 64.3 Å². The van der Waals surface area contributed by atoms with Gasteiger partial charge in [-0.25, -0.2) is 4.98 Å². The molecule has 1 saturated heterocycles. The first-order chi connectivity index (χ1) is 8.24. The summed E-state index contributed by atoms with van der Waals surface area (Å²) >= 11 is 5.85. The second-order valence-electron chi connectivity index (χ2n) is 4.17. The highest BCUT2D eigenvalue weighted by Crippen LogP contribution is 2.24. The van der Waals surface area contributed by atoms with E-state index in [4.69, 9.17) is 22.1 Å². The number of piperidine rings is 1. The molecule has 0 aromatic carbocycles. The Hall–Kier alpha value is -0.910. The molecule has 94 valence electrons. The van der Waals surface area contributed by atoms with Crippen LogP contribution in [0.25, 0.3) is 0 Å². The smallest absolute Gasteiger partial charge is 0.149 e. The first-order valence-electron chi connectivity index (χ1n) is 5.71. The van der Waals surface area contributed by atoms with Crippen molar-refractivity contribution >= 4 is 17.4 Å². The average molecular weight is 257 g/mol. The van der Waals surface area contributed by atoms with Crippen LogP contribution in [0.2, 0.25) is 5.15 Å². The third kappa shape index (κ3) is 2.86. The van der Waals surface area contributed by atoms with Gasteiger partial charge >= 0.3 is 0 Å². The van der Waals surface area contributed by atoms with Crippen LogP contribution in [-0.4, -0.2) is 42.3 Å². The Bertz CT molecular complexity index is 376. The molecule has 1 aliphatic rings. The number of hydrogen-bond acceptors (Lipinski definition) is 5. The molecule has 0 bridgehead atoms. The van der Waals surface area contributed by atoms with Gasteiger partial charge in [0.05, 0.1) is 18.5 Å². The summed E-state index contributed by atoms with van der Waals surface area (Å²) in [6, 6.07) is 0.237. The minimum Gasteiger partial charge on any atom is -0.381 e. The van der Waals surface area contributed by atoms with Gasteiger partial charge < -0.3 is 15.4 Å². The van der Waals surface area contributed by atoms with Crippen molar-refractivity contribution in [3.8, 4) is 0 Å². The lowest BCUT2D eigenvalue weighted by molar-refractivity contribution is 0.0708. The molecule has 0 aliphatic carbocycles. The summed E-state index contributed by atoms with van der Waals surface area (Å²) in [5.41, 5.74) is 5.81. The van der Waals surface area contributed by atoms with E-state index in [9.17, 15) is 0 Å². The molecule has 1 aromatic rings. The van der Waals surface area contributed by atoms with Crippen molar-refractivity contribution in [2.45, 2.75) is 25.0 Å². The summed E-state index contributed by atoms with van der Waals surface area (Å²) in [5, 5.41) is 0.409. The van der Waals surface area contributed by atoms with Crippen LogP contribution < -0.4 is 10.6 Å². The summed E-state index contributed by atoms with van der Waals surface area (Å²) in [7, 11) is 1.74. The molecule has 0 saturated carbocycles. The maximum Gasteiger partial charge on any atom is 0.149 e. The van der Waals surface area contributed by atoms with E-state index in [-0.39, 0.29) is 12.1 Å². The minimum absolute atomic E-state index is 0.237. The average Bonchev–Trinajstić information content (AvgIpc) is 2.38. The molecule has 1 aliphatic heterocycles. The van der Waals surface area contributed by atoms with Gasteiger partial charge in [0.2, 0.25) is 0 Å². The zero-order chi connectivity index (χ0) is 12.3. The standard InChI is InChI=1S/C11H17ClN4O/c1-17-9-2-3-16(8(4-9)5-13)11-7-14-6-10(12)15-11/h6-9H,2-5,13H2,1H3. The number of rotatable bonds is 3. The normalized spacial score (nSPS) is 25.0. The molecule has 2 rings (SSSR count). The molecular weight excluding hydrogens is 240 g/mol. The van der Waals surface area contributed by atoms with Gasteiger partial charge in [-0.2, -0.15) is 0 Å². The fourth-order valence-electron chi connectivity index (χ4n) is 2.22. The summed E-state index contributed by atoms with van der Waals surface area (Å²) in [5.74, 6) is 0.794. The van der Waals surface area contributed by atoms with Crippen molar-refractivity contribution in [1.82, 2.24) is 9.97 Å². The predicted molar refractivity (Wildman–Crippen MR) is 67.3 cm³/mol. The van der Waals surface area contributed by atoms with Crippen LogP contribution >= 0.6 is 11.6 Å². The highest BCUT2D eigenvalue weighted by atomic mass is 35.5. The quantitative estimate of drug-likeness (QED) is 0.877. The van der Waals surface area contributed by atoms with E-state index in [0.29, 0.717) is 11.7 Å². The summed E-state index contributed by atoms with van der Waals surface area (Å²) in [6.07, 6.45) is 5.43. The lowest BCUT2D eigenvalue weighted by atomic mass is 9.99. The largest absolute Gasteiger partial charge is 0.381 e. The Labute approximate surface area is 106 Å². The number of ether oxygens (including phenoxy) is 1. The molecule has 0 amide bonds. The van der Waals surface area contributed by atoms with E-state index < -0.39 is 0 Å². The summed E-state index contributed by atoms with van der Waals surface area (Å²) in [6.45, 7) is 1.45. The molecular formula is C11H17ClN4O. The first kappa shape index (κ1) is 12.5. The zero-order valence-corrected chi connectivity index (χ0v) is 10.6. The van der Waals surface area contributed by atoms with Crippen LogP contribution in [0.1, 0.15) is 12.8 Å². The van der Waals surface area contributed by atoms with E-state index in [1.54, 1.807) is 13.3 Å². The molecule has 17 heavy (non-hydrogen) atoms. The maximum absolute atomic E-state index is 5.85. The molecule has 0 radical (unpaired) electrons. The van der Waals surface area contributed by atoms with Gasteiger partial charge in [0.15, 0.2) is 0 Å². The van der Waals surface area contributed by atoms with Gasteiger partial charge in [-0.05, 0) is 12.8 Å². The lowest BCUT2D eigenvalue weighted by Gasteiger charge is -2.39. The fourth-order valence-corrected chi connectivity index (χ4v) is 2.37. The first-order valence-corrected chi connectivity index (χ1v) is 6.09. The number of aromatic nitrogens is 2. The van der Waals surface area contributed by atoms with Crippen LogP contribution in [-0.2, 0) is 4.74 Å². The third-order valence-electron chi connectivity index (χ3n) is 3.16. The van der Waals surface area contributed by atoms with Crippen LogP contribution in [0, 0.1) is 0 Å². The molecule has 2 N–H and O–H groups in total. The van der Waals surface area contributed by atoms with Crippen LogP contribution in [0.5, 0.6) is 0 Å². The van der Waals surface area contributed by atoms with Crippen molar-refractivity contribution in [2.75, 3.05) is 25.1 Å². The summed E-state index contributed by atoms with van der Waals surface area (Å²) in [4.78, 5) is 10.5. The Balaban J connectivity index is 2.15. The molecule has 1 fully saturated rings. The molecule has 5 nitrogen and oxygen atoms in total. The van der Waals surface area contributed by atoms with E-state index in [1.807, 2.05) is 0 Å². The zero-order valence-electron chi connectivity index (χ0n) is 9.84. The van der Waals surface area contributed by atoms with E-state index in [2.05, 4.69) is 14.9 Å². The number of hydrogen-bond donors (Lipinski definition) is 1. The number of anilines is 1. The van der Waals surface area contributed by atoms with Crippen molar-refractivity contribution in [2.24, 2.45) is 5.73 Å². The number of methoxy groups -OCH3 is 1. The molecule has 2 heterocycles. The molecule has 2 unspecified atom stereocenters. The molecule has 0 spiro atoms. The van der Waals surface area contributed by atoms with Crippen LogP contribution in [0.15, 0.2) is 12.4 Å². The van der Waals surface area contributed by atoms with Crippen molar-refractivity contribution in [1.29, 1.82) is 0 Å². The Kier molecular flexibility index (Phi) is 4.15. The molecule has 2 atom stereocenters. The monoisotopic (exact) mass is 256 g/mol. The van der Waals surface area contributed by atoms with Crippen molar-refractivity contribution in [3.63, 3.8) is 0 Å². The Morgan fingerprint density at radius 1 is 1.59 bits per heavy atom. The lowest BCUT2D eigenvalue weighted by Crippen LogP contribution is -2.49. The van der Waals surface area contributed by atoms with Gasteiger partial charge in [-0.1, -0.05) is 11.6 Å². The van der Waals surface area contributed by atoms with Gasteiger partial charge in [-0.15, -0.1) is 0 Å². The van der Waals surface area contributed by atoms with Gasteiger partial charge in [0, 0.05) is 26.2 Å². The number of nitrogens with zero attached hydrogens (tertiary/aromatic N) is 3. The van der Waals surface area contributed by atoms with E-state index in [0.717, 1.165) is 25.2 Å². The number of nitrogens with two attached hydrogens (primary N) is 1. The van der Waals surface area contributed by atoms with Gasteiger partial charge in [0.25, 0.3) is 0 Å². The maximum atomic E-state index is 5.85. The second kappa shape index (κ2) is 5.62. The highest BCUT2D eigenvalue weighted by molar-refractivity contribution is 6.29. The minimum atomic E-state index is 0.237. The third-order valence-corrected chi connectivity index (χ3v) is 3.34. The highest BCUT2D eigenvalue weighted by Gasteiger charge is 2.28. The van der Waals surface area contributed by atoms with Gasteiger partial charge in [-0.3, -0.25) is 4.98 Å². The van der Waals surface area contributed by atoms with E-state index >= 15 is 0 Å².